The van der Waals surface area contributed by atoms with Crippen molar-refractivity contribution >= 4 is 23.0 Å². The smallest absolute Gasteiger partial charge is 0.330 e. The van der Waals surface area contributed by atoms with Crippen molar-refractivity contribution in [2.45, 2.75) is 86.4 Å². The standard InChI is InChI=1S/C23H37N5O5/c1-7-8-11-27-21-20(22(31)26-23(27)32)28(12-14(2)3)17(25-21)9-10-19(30)33-13-18(29)24-16(6)15(4)5/h14-16H,7-13H2,1-6H3,(H,24,29)(H,26,31,32). The number of fused-ring (bicyclic) bond motifs is 1. The van der Waals surface area contributed by atoms with Crippen LogP contribution in [0.5, 0.6) is 0 Å². The number of carbonyl (C=O) groups is 2. The molecule has 184 valence electrons. The highest BCUT2D eigenvalue weighted by atomic mass is 16.5. The van der Waals surface area contributed by atoms with E-state index in [9.17, 15) is 19.2 Å². The van der Waals surface area contributed by atoms with Gasteiger partial charge in [0.2, 0.25) is 0 Å². The van der Waals surface area contributed by atoms with Crippen LogP contribution in [0.3, 0.4) is 0 Å². The second-order valence-corrected chi connectivity index (χ2v) is 9.23. The first-order valence-corrected chi connectivity index (χ1v) is 11.7. The maximum atomic E-state index is 12.6. The van der Waals surface area contributed by atoms with Crippen LogP contribution in [-0.2, 0) is 33.8 Å². The molecule has 1 atom stereocenters. The molecular formula is C23H37N5O5. The number of hydrogen-bond acceptors (Lipinski definition) is 6. The van der Waals surface area contributed by atoms with E-state index in [0.29, 0.717) is 30.1 Å². The van der Waals surface area contributed by atoms with E-state index in [-0.39, 0.29) is 43.2 Å². The molecule has 0 bridgehead atoms. The number of rotatable bonds is 12. The third-order valence-corrected chi connectivity index (χ3v) is 5.55. The minimum atomic E-state index is -0.525. The van der Waals surface area contributed by atoms with Crippen molar-refractivity contribution in [1.29, 1.82) is 0 Å². The first-order valence-electron chi connectivity index (χ1n) is 11.7. The molecule has 2 heterocycles. The minimum Gasteiger partial charge on any atom is -0.456 e. The van der Waals surface area contributed by atoms with Gasteiger partial charge in [-0.1, -0.05) is 41.0 Å². The molecule has 0 spiro atoms. The van der Waals surface area contributed by atoms with Crippen molar-refractivity contribution < 1.29 is 14.3 Å². The number of H-pyrrole nitrogens is 1. The predicted molar refractivity (Wildman–Crippen MR) is 126 cm³/mol. The molecule has 10 nitrogen and oxygen atoms in total. The highest BCUT2D eigenvalue weighted by molar-refractivity contribution is 5.80. The van der Waals surface area contributed by atoms with Crippen LogP contribution in [0.1, 0.15) is 66.6 Å². The Labute approximate surface area is 193 Å². The summed E-state index contributed by atoms with van der Waals surface area (Å²) in [5, 5.41) is 2.79. The Balaban J connectivity index is 2.21. The highest BCUT2D eigenvalue weighted by Crippen LogP contribution is 2.16. The zero-order chi connectivity index (χ0) is 24.7. The van der Waals surface area contributed by atoms with Crippen LogP contribution in [0.2, 0.25) is 0 Å². The Morgan fingerprint density at radius 2 is 1.82 bits per heavy atom. The molecule has 0 aliphatic carbocycles. The molecule has 2 aromatic heterocycles. The summed E-state index contributed by atoms with van der Waals surface area (Å²) in [4.78, 5) is 56.2. The zero-order valence-corrected chi connectivity index (χ0v) is 20.6. The van der Waals surface area contributed by atoms with E-state index in [2.05, 4.69) is 15.3 Å². The molecule has 0 radical (unpaired) electrons. The van der Waals surface area contributed by atoms with E-state index in [1.54, 1.807) is 4.57 Å². The summed E-state index contributed by atoms with van der Waals surface area (Å²) in [5.74, 6) is 0.160. The first-order chi connectivity index (χ1) is 15.5. The Morgan fingerprint density at radius 3 is 2.42 bits per heavy atom. The molecule has 0 aliphatic heterocycles. The number of esters is 1. The summed E-state index contributed by atoms with van der Waals surface area (Å²) < 4.78 is 8.38. The van der Waals surface area contributed by atoms with Crippen LogP contribution in [0.4, 0.5) is 0 Å². The molecule has 2 aromatic rings. The number of nitrogens with zero attached hydrogens (tertiary/aromatic N) is 3. The number of hydrogen-bond donors (Lipinski definition) is 2. The van der Waals surface area contributed by atoms with Crippen molar-refractivity contribution in [2.75, 3.05) is 6.61 Å². The van der Waals surface area contributed by atoms with Gasteiger partial charge in [-0.3, -0.25) is 23.9 Å². The Kier molecular flexibility index (Phi) is 9.43. The van der Waals surface area contributed by atoms with Crippen LogP contribution in [-0.4, -0.2) is 43.6 Å². The number of carbonyl (C=O) groups excluding carboxylic acids is 2. The lowest BCUT2D eigenvalue weighted by molar-refractivity contribution is -0.148. The average molecular weight is 464 g/mol. The van der Waals surface area contributed by atoms with Gasteiger partial charge in [-0.2, -0.15) is 0 Å². The molecule has 0 saturated heterocycles. The van der Waals surface area contributed by atoms with Gasteiger partial charge in [-0.25, -0.2) is 9.78 Å². The summed E-state index contributed by atoms with van der Waals surface area (Å²) >= 11 is 0. The van der Waals surface area contributed by atoms with E-state index < -0.39 is 17.2 Å². The monoisotopic (exact) mass is 463 g/mol. The van der Waals surface area contributed by atoms with Crippen LogP contribution in [0.25, 0.3) is 11.2 Å². The van der Waals surface area contributed by atoms with Crippen LogP contribution in [0.15, 0.2) is 9.59 Å². The van der Waals surface area contributed by atoms with E-state index in [1.165, 1.54) is 4.57 Å². The fraction of sp³-hybridized carbons (Fsp3) is 0.696. The zero-order valence-electron chi connectivity index (χ0n) is 20.6. The molecule has 33 heavy (non-hydrogen) atoms. The average Bonchev–Trinajstić information content (AvgIpc) is 3.08. The third kappa shape index (κ3) is 7.03. The number of aromatic amines is 1. The third-order valence-electron chi connectivity index (χ3n) is 5.55. The van der Waals surface area contributed by atoms with Gasteiger partial charge in [0.15, 0.2) is 17.8 Å². The minimum absolute atomic E-state index is 0.00548. The summed E-state index contributed by atoms with van der Waals surface area (Å²) in [7, 11) is 0. The summed E-state index contributed by atoms with van der Waals surface area (Å²) in [6, 6.07) is -0.0180. The molecule has 1 amide bonds. The maximum Gasteiger partial charge on any atom is 0.330 e. The van der Waals surface area contributed by atoms with Gasteiger partial charge in [0.05, 0.1) is 6.42 Å². The molecule has 2 rings (SSSR count). The number of aromatic nitrogens is 4. The number of ether oxygens (including phenoxy) is 1. The fourth-order valence-electron chi connectivity index (χ4n) is 3.39. The molecule has 2 N–H and O–H groups in total. The van der Waals surface area contributed by atoms with Gasteiger partial charge < -0.3 is 14.6 Å². The van der Waals surface area contributed by atoms with Crippen molar-refractivity contribution in [3.8, 4) is 0 Å². The first kappa shape index (κ1) is 26.3. The van der Waals surface area contributed by atoms with E-state index in [0.717, 1.165) is 12.8 Å². The summed E-state index contributed by atoms with van der Waals surface area (Å²) in [5.41, 5.74) is -0.295. The number of nitrogens with one attached hydrogen (secondary N) is 2. The van der Waals surface area contributed by atoms with Crippen molar-refractivity contribution in [1.82, 2.24) is 24.4 Å². The molecular weight excluding hydrogens is 426 g/mol. The lowest BCUT2D eigenvalue weighted by Gasteiger charge is -2.17. The van der Waals surface area contributed by atoms with Gasteiger partial charge >= 0.3 is 11.7 Å². The summed E-state index contributed by atoms with van der Waals surface area (Å²) in [6.07, 6.45) is 1.90. The normalized spacial score (nSPS) is 12.5. The van der Waals surface area contributed by atoms with Gasteiger partial charge in [0, 0.05) is 25.6 Å². The van der Waals surface area contributed by atoms with Crippen molar-refractivity contribution in [3.05, 3.63) is 26.7 Å². The highest BCUT2D eigenvalue weighted by Gasteiger charge is 2.20. The molecule has 10 heteroatoms. The van der Waals surface area contributed by atoms with Gasteiger partial charge in [-0.05, 0) is 25.2 Å². The van der Waals surface area contributed by atoms with E-state index >= 15 is 0 Å². The topological polar surface area (TPSA) is 128 Å². The van der Waals surface area contributed by atoms with Gasteiger partial charge in [-0.15, -0.1) is 0 Å². The molecule has 0 aliphatic rings. The molecule has 0 saturated carbocycles. The molecule has 0 aromatic carbocycles. The van der Waals surface area contributed by atoms with Crippen LogP contribution in [0, 0.1) is 11.8 Å². The Bertz CT molecular complexity index is 1080. The van der Waals surface area contributed by atoms with Crippen molar-refractivity contribution in [3.63, 3.8) is 0 Å². The SMILES string of the molecule is CCCCn1c(=O)[nH]c(=O)c2c1nc(CCC(=O)OCC(=O)NC(C)C(C)C)n2CC(C)C. The largest absolute Gasteiger partial charge is 0.456 e. The van der Waals surface area contributed by atoms with E-state index in [1.807, 2.05) is 41.5 Å². The van der Waals surface area contributed by atoms with Gasteiger partial charge in [0.25, 0.3) is 11.5 Å². The maximum absolute atomic E-state index is 12.6. The quantitative estimate of drug-likeness (QED) is 0.463. The molecule has 1 unspecified atom stereocenters. The number of unbranched alkanes of at least 4 members (excludes halogenated alkanes) is 1. The second kappa shape index (κ2) is 11.8. The fourth-order valence-corrected chi connectivity index (χ4v) is 3.39. The Morgan fingerprint density at radius 1 is 1.12 bits per heavy atom. The Hall–Kier alpha value is -2.91. The molecule has 0 fully saturated rings. The van der Waals surface area contributed by atoms with Gasteiger partial charge in [0.1, 0.15) is 5.82 Å². The lowest BCUT2D eigenvalue weighted by Crippen LogP contribution is -2.38. The predicted octanol–water partition coefficient (Wildman–Crippen LogP) is 1.98. The second-order valence-electron chi connectivity index (χ2n) is 9.23. The van der Waals surface area contributed by atoms with Crippen LogP contribution >= 0.6 is 0 Å². The number of aryl methyl sites for hydroxylation is 2. The van der Waals surface area contributed by atoms with Crippen LogP contribution < -0.4 is 16.6 Å². The summed E-state index contributed by atoms with van der Waals surface area (Å²) in [6.45, 7) is 12.6. The van der Waals surface area contributed by atoms with Crippen molar-refractivity contribution in [2.24, 2.45) is 11.8 Å². The number of imidazole rings is 1. The lowest BCUT2D eigenvalue weighted by atomic mass is 10.1. The number of amides is 1. The van der Waals surface area contributed by atoms with E-state index in [4.69, 9.17) is 4.74 Å².